The Hall–Kier alpha value is -2.50. The minimum atomic E-state index is -0.340. The molecule has 0 amide bonds. The third kappa shape index (κ3) is 14.7. The van der Waals surface area contributed by atoms with E-state index in [4.69, 9.17) is 4.74 Å². The first-order valence-electron chi connectivity index (χ1n) is 17.0. The zero-order valence-corrected chi connectivity index (χ0v) is 26.7. The van der Waals surface area contributed by atoms with E-state index in [1.54, 1.807) is 0 Å². The lowest BCUT2D eigenvalue weighted by Crippen LogP contribution is -2.46. The molecule has 0 heterocycles. The van der Waals surface area contributed by atoms with Crippen molar-refractivity contribution in [3.63, 3.8) is 0 Å². The Morgan fingerprint density at radius 1 is 0.581 bits per heavy atom. The van der Waals surface area contributed by atoms with Crippen LogP contribution in [0.2, 0.25) is 0 Å². The van der Waals surface area contributed by atoms with Crippen molar-refractivity contribution < 1.29 is 14.9 Å². The van der Waals surface area contributed by atoms with E-state index in [9.17, 15) is 10.2 Å². The molecule has 0 aliphatic heterocycles. The Bertz CT molecular complexity index is 1000. The Morgan fingerprint density at radius 3 is 1.53 bits per heavy atom. The van der Waals surface area contributed by atoms with E-state index in [2.05, 4.69) is 72.5 Å². The quantitative estimate of drug-likeness (QED) is 0.103. The maximum absolute atomic E-state index is 10.9. The number of benzene rings is 3. The van der Waals surface area contributed by atoms with E-state index >= 15 is 0 Å². The van der Waals surface area contributed by atoms with Gasteiger partial charge in [-0.2, -0.15) is 0 Å². The molecule has 0 aliphatic rings. The van der Waals surface area contributed by atoms with Gasteiger partial charge in [0.05, 0.1) is 31.5 Å². The van der Waals surface area contributed by atoms with Crippen molar-refractivity contribution in [3.8, 4) is 0 Å². The number of nitrogens with zero attached hydrogens (tertiary/aromatic N) is 1. The topological polar surface area (TPSA) is 52.9 Å². The maximum atomic E-state index is 10.9. The molecule has 0 saturated heterocycles. The van der Waals surface area contributed by atoms with Crippen LogP contribution in [0.15, 0.2) is 91.0 Å². The van der Waals surface area contributed by atoms with Gasteiger partial charge in [0.15, 0.2) is 0 Å². The van der Waals surface area contributed by atoms with Gasteiger partial charge in [0.25, 0.3) is 0 Å². The summed E-state index contributed by atoms with van der Waals surface area (Å²) in [4.78, 5) is 2.34. The van der Waals surface area contributed by atoms with Crippen molar-refractivity contribution >= 4 is 0 Å². The van der Waals surface area contributed by atoms with Crippen LogP contribution in [0.4, 0.5) is 0 Å². The summed E-state index contributed by atoms with van der Waals surface area (Å²) in [6.45, 7) is 4.18. The molecule has 3 aromatic carbocycles. The first-order valence-corrected chi connectivity index (χ1v) is 17.0. The van der Waals surface area contributed by atoms with Gasteiger partial charge in [-0.25, -0.2) is 0 Å². The second-order valence-electron chi connectivity index (χ2n) is 12.2. The molecule has 3 rings (SSSR count). The standard InChI is InChI=1S/C39H57NO3/c1-2-3-4-5-6-7-8-9-10-20-27-37(42)28-29-39(43-33-36-25-18-13-19-26-36)38(32-41)40(30-34-21-14-11-15-22-34)31-35-23-16-12-17-24-35/h11-19,21-26,37-39,41-42H,2-10,20,27-33H2,1H3/t37?,38-,39+/m0/s1. The van der Waals surface area contributed by atoms with Crippen molar-refractivity contribution in [1.82, 2.24) is 4.90 Å². The molecule has 1 unspecified atom stereocenters. The van der Waals surface area contributed by atoms with E-state index in [1.165, 1.54) is 68.9 Å². The third-order valence-corrected chi connectivity index (χ3v) is 8.52. The van der Waals surface area contributed by atoms with Crippen LogP contribution < -0.4 is 0 Å². The van der Waals surface area contributed by atoms with Gasteiger partial charge in [0.2, 0.25) is 0 Å². The number of unbranched alkanes of at least 4 members (excludes halogenated alkanes) is 9. The van der Waals surface area contributed by atoms with Crippen LogP contribution in [0.5, 0.6) is 0 Å². The minimum Gasteiger partial charge on any atom is -0.395 e. The fourth-order valence-corrected chi connectivity index (χ4v) is 5.93. The van der Waals surface area contributed by atoms with Gasteiger partial charge in [-0.05, 0) is 36.0 Å². The van der Waals surface area contributed by atoms with E-state index in [0.29, 0.717) is 32.5 Å². The van der Waals surface area contributed by atoms with Crippen molar-refractivity contribution in [3.05, 3.63) is 108 Å². The van der Waals surface area contributed by atoms with Crippen LogP contribution in [0, 0.1) is 0 Å². The van der Waals surface area contributed by atoms with Crippen LogP contribution in [0.25, 0.3) is 0 Å². The molecule has 0 aliphatic carbocycles. The lowest BCUT2D eigenvalue weighted by molar-refractivity contribution is -0.0563. The van der Waals surface area contributed by atoms with Gasteiger partial charge in [0.1, 0.15) is 0 Å². The van der Waals surface area contributed by atoms with Crippen molar-refractivity contribution in [2.75, 3.05) is 6.61 Å². The number of hydrogen-bond donors (Lipinski definition) is 2. The summed E-state index contributed by atoms with van der Waals surface area (Å²) >= 11 is 0. The molecule has 0 bridgehead atoms. The summed E-state index contributed by atoms with van der Waals surface area (Å²) < 4.78 is 6.58. The highest BCUT2D eigenvalue weighted by atomic mass is 16.5. The van der Waals surface area contributed by atoms with Crippen LogP contribution in [-0.4, -0.2) is 40.0 Å². The number of rotatable bonds is 24. The molecule has 0 saturated carbocycles. The number of aliphatic hydroxyl groups is 2. The van der Waals surface area contributed by atoms with Gasteiger partial charge in [0, 0.05) is 13.1 Å². The Balaban J connectivity index is 1.58. The maximum Gasteiger partial charge on any atom is 0.0758 e. The van der Waals surface area contributed by atoms with E-state index < -0.39 is 0 Å². The summed E-state index contributed by atoms with van der Waals surface area (Å²) in [7, 11) is 0. The summed E-state index contributed by atoms with van der Waals surface area (Å²) in [6, 6.07) is 31.0. The third-order valence-electron chi connectivity index (χ3n) is 8.52. The van der Waals surface area contributed by atoms with E-state index in [1.807, 2.05) is 30.3 Å². The average molecular weight is 588 g/mol. The van der Waals surface area contributed by atoms with E-state index in [0.717, 1.165) is 18.4 Å². The molecule has 0 aromatic heterocycles. The minimum absolute atomic E-state index is 0.00629. The fourth-order valence-electron chi connectivity index (χ4n) is 5.93. The van der Waals surface area contributed by atoms with Crippen LogP contribution in [-0.2, 0) is 24.4 Å². The fraction of sp³-hybridized carbons (Fsp3) is 0.538. The second kappa shape index (κ2) is 22.1. The SMILES string of the molecule is CCCCCCCCCCCCC(O)CC[C@@H](OCc1ccccc1)[C@H](CO)N(Cc1ccccc1)Cc1ccccc1. The van der Waals surface area contributed by atoms with E-state index in [-0.39, 0.29) is 24.9 Å². The van der Waals surface area contributed by atoms with Crippen LogP contribution >= 0.6 is 0 Å². The zero-order chi connectivity index (χ0) is 30.4. The Morgan fingerprint density at radius 2 is 1.05 bits per heavy atom. The molecule has 0 fully saturated rings. The molecule has 4 nitrogen and oxygen atoms in total. The highest BCUT2D eigenvalue weighted by molar-refractivity contribution is 5.18. The first-order chi connectivity index (χ1) is 21.2. The molecular formula is C39H57NO3. The molecule has 3 atom stereocenters. The number of hydrogen-bond acceptors (Lipinski definition) is 4. The second-order valence-corrected chi connectivity index (χ2v) is 12.2. The van der Waals surface area contributed by atoms with Gasteiger partial charge < -0.3 is 14.9 Å². The number of ether oxygens (including phenoxy) is 1. The monoisotopic (exact) mass is 587 g/mol. The smallest absolute Gasteiger partial charge is 0.0758 e. The molecule has 0 spiro atoms. The van der Waals surface area contributed by atoms with Gasteiger partial charge >= 0.3 is 0 Å². The van der Waals surface area contributed by atoms with Crippen molar-refractivity contribution in [1.29, 1.82) is 0 Å². The van der Waals surface area contributed by atoms with Crippen LogP contribution in [0.1, 0.15) is 107 Å². The highest BCUT2D eigenvalue weighted by Gasteiger charge is 2.29. The first kappa shape index (κ1) is 35.0. The highest BCUT2D eigenvalue weighted by Crippen LogP contribution is 2.23. The average Bonchev–Trinajstić information content (AvgIpc) is 3.04. The van der Waals surface area contributed by atoms with Gasteiger partial charge in [-0.3, -0.25) is 4.90 Å². The lowest BCUT2D eigenvalue weighted by Gasteiger charge is -2.36. The summed E-state index contributed by atoms with van der Waals surface area (Å²) in [5, 5.41) is 21.7. The largest absolute Gasteiger partial charge is 0.395 e. The molecule has 2 N–H and O–H groups in total. The van der Waals surface area contributed by atoms with Crippen LogP contribution in [0.3, 0.4) is 0 Å². The van der Waals surface area contributed by atoms with Crippen molar-refractivity contribution in [2.24, 2.45) is 0 Å². The lowest BCUT2D eigenvalue weighted by atomic mass is 9.98. The zero-order valence-electron chi connectivity index (χ0n) is 26.7. The van der Waals surface area contributed by atoms with Crippen molar-refractivity contribution in [2.45, 2.75) is 128 Å². The normalized spacial score (nSPS) is 13.7. The molecule has 4 heteroatoms. The van der Waals surface area contributed by atoms with Gasteiger partial charge in [-0.1, -0.05) is 162 Å². The molecule has 236 valence electrons. The predicted molar refractivity (Wildman–Crippen MR) is 180 cm³/mol. The Labute approximate surface area is 262 Å². The molecule has 0 radical (unpaired) electrons. The predicted octanol–water partition coefficient (Wildman–Crippen LogP) is 9.09. The summed E-state index contributed by atoms with van der Waals surface area (Å²) in [6.07, 6.45) is 14.7. The summed E-state index contributed by atoms with van der Waals surface area (Å²) in [5.74, 6) is 0. The molecule has 3 aromatic rings. The summed E-state index contributed by atoms with van der Waals surface area (Å²) in [5.41, 5.74) is 3.53. The molecule has 43 heavy (non-hydrogen) atoms. The Kier molecular flexibility index (Phi) is 18.0. The van der Waals surface area contributed by atoms with Gasteiger partial charge in [-0.15, -0.1) is 0 Å². The molecular weight excluding hydrogens is 530 g/mol. The number of aliphatic hydroxyl groups excluding tert-OH is 2.